The Morgan fingerprint density at radius 1 is 1.04 bits per heavy atom. The molecule has 2 aromatic carbocycles. The van der Waals surface area contributed by atoms with Gasteiger partial charge in [0, 0.05) is 17.5 Å². The summed E-state index contributed by atoms with van der Waals surface area (Å²) in [6.07, 6.45) is 1.93. The fourth-order valence-corrected chi connectivity index (χ4v) is 3.23. The molecular formula is C20H24N2O2S. The molecule has 0 saturated carbocycles. The minimum absolute atomic E-state index is 0.0261. The first-order chi connectivity index (χ1) is 12.1. The van der Waals surface area contributed by atoms with Crippen molar-refractivity contribution in [3.63, 3.8) is 0 Å². The number of hydrogen-bond acceptors (Lipinski definition) is 3. The minimum Gasteiger partial charge on any atom is -0.349 e. The van der Waals surface area contributed by atoms with Crippen LogP contribution in [0, 0.1) is 0 Å². The third-order valence-electron chi connectivity index (χ3n) is 3.66. The zero-order valence-corrected chi connectivity index (χ0v) is 15.4. The Hall–Kier alpha value is -2.27. The van der Waals surface area contributed by atoms with Crippen LogP contribution in [0.1, 0.15) is 38.3 Å². The van der Waals surface area contributed by atoms with Crippen LogP contribution in [0.4, 0.5) is 5.69 Å². The molecule has 2 aromatic rings. The van der Waals surface area contributed by atoms with Gasteiger partial charge in [-0.15, -0.1) is 11.8 Å². The largest absolute Gasteiger partial charge is 0.349 e. The number of carbonyl (C=O) groups excluding carboxylic acids is 2. The number of anilines is 1. The zero-order valence-electron chi connectivity index (χ0n) is 14.6. The number of nitrogens with one attached hydrogen (secondary N) is 2. The standard InChI is InChI=1S/C20H24N2O2S/c1-3-7-19(16-8-5-4-6-9-16)22-20(24)14-25-18-12-10-17(11-13-18)21-15(2)23/h4-6,8-13,19H,3,7,14H2,1-2H3,(H,21,23)(H,22,24). The van der Waals surface area contributed by atoms with Gasteiger partial charge >= 0.3 is 0 Å². The van der Waals surface area contributed by atoms with Crippen molar-refractivity contribution in [1.29, 1.82) is 0 Å². The van der Waals surface area contributed by atoms with E-state index >= 15 is 0 Å². The van der Waals surface area contributed by atoms with E-state index < -0.39 is 0 Å². The minimum atomic E-state index is -0.0948. The first-order valence-corrected chi connectivity index (χ1v) is 9.41. The lowest BCUT2D eigenvalue weighted by atomic mass is 10.0. The van der Waals surface area contributed by atoms with Crippen molar-refractivity contribution in [2.75, 3.05) is 11.1 Å². The van der Waals surface area contributed by atoms with E-state index in [1.165, 1.54) is 18.7 Å². The van der Waals surface area contributed by atoms with Crippen LogP contribution in [0.3, 0.4) is 0 Å². The summed E-state index contributed by atoms with van der Waals surface area (Å²) in [5.41, 5.74) is 1.90. The highest BCUT2D eigenvalue weighted by Crippen LogP contribution is 2.22. The van der Waals surface area contributed by atoms with Crippen LogP contribution >= 0.6 is 11.8 Å². The Morgan fingerprint density at radius 3 is 2.32 bits per heavy atom. The summed E-state index contributed by atoms with van der Waals surface area (Å²) in [5.74, 6) is 0.299. The van der Waals surface area contributed by atoms with Gasteiger partial charge in [0.15, 0.2) is 0 Å². The predicted molar refractivity (Wildman–Crippen MR) is 104 cm³/mol. The predicted octanol–water partition coefficient (Wildman–Crippen LogP) is 4.39. The Kier molecular flexibility index (Phi) is 7.54. The van der Waals surface area contributed by atoms with Gasteiger partial charge < -0.3 is 10.6 Å². The molecule has 1 atom stereocenters. The van der Waals surface area contributed by atoms with Crippen molar-refractivity contribution in [2.45, 2.75) is 37.6 Å². The molecule has 132 valence electrons. The summed E-state index contributed by atoms with van der Waals surface area (Å²) in [7, 11) is 0. The Balaban J connectivity index is 1.87. The topological polar surface area (TPSA) is 58.2 Å². The molecule has 0 bridgehead atoms. The fourth-order valence-electron chi connectivity index (χ4n) is 2.52. The maximum atomic E-state index is 12.3. The van der Waals surface area contributed by atoms with Crippen molar-refractivity contribution in [3.05, 3.63) is 60.2 Å². The molecule has 0 heterocycles. The highest BCUT2D eigenvalue weighted by Gasteiger charge is 2.13. The molecular weight excluding hydrogens is 332 g/mol. The number of hydrogen-bond donors (Lipinski definition) is 2. The van der Waals surface area contributed by atoms with Crippen molar-refractivity contribution < 1.29 is 9.59 Å². The Labute approximate surface area is 153 Å². The lowest BCUT2D eigenvalue weighted by Crippen LogP contribution is -2.29. The van der Waals surface area contributed by atoms with Crippen molar-refractivity contribution in [3.8, 4) is 0 Å². The van der Waals surface area contributed by atoms with Gasteiger partial charge in [-0.2, -0.15) is 0 Å². The van der Waals surface area contributed by atoms with Gasteiger partial charge in [-0.3, -0.25) is 9.59 Å². The monoisotopic (exact) mass is 356 g/mol. The summed E-state index contributed by atoms with van der Waals surface area (Å²) in [5, 5.41) is 5.85. The smallest absolute Gasteiger partial charge is 0.230 e. The number of carbonyl (C=O) groups is 2. The molecule has 0 aliphatic rings. The summed E-state index contributed by atoms with van der Waals surface area (Å²) < 4.78 is 0. The molecule has 1 unspecified atom stereocenters. The van der Waals surface area contributed by atoms with Crippen LogP contribution in [-0.2, 0) is 9.59 Å². The SMILES string of the molecule is CCCC(NC(=O)CSc1ccc(NC(C)=O)cc1)c1ccccc1. The molecule has 2 rings (SSSR count). The number of rotatable bonds is 8. The molecule has 2 N–H and O–H groups in total. The summed E-state index contributed by atoms with van der Waals surface area (Å²) in [6.45, 7) is 3.60. The third-order valence-corrected chi connectivity index (χ3v) is 4.67. The average molecular weight is 356 g/mol. The van der Waals surface area contributed by atoms with E-state index in [4.69, 9.17) is 0 Å². The summed E-state index contributed by atoms with van der Waals surface area (Å²) >= 11 is 1.49. The lowest BCUT2D eigenvalue weighted by Gasteiger charge is -2.18. The van der Waals surface area contributed by atoms with E-state index in [1.807, 2.05) is 42.5 Å². The van der Waals surface area contributed by atoms with E-state index in [1.54, 1.807) is 0 Å². The van der Waals surface area contributed by atoms with Crippen molar-refractivity contribution in [1.82, 2.24) is 5.32 Å². The van der Waals surface area contributed by atoms with Crippen molar-refractivity contribution in [2.24, 2.45) is 0 Å². The molecule has 5 heteroatoms. The number of amides is 2. The highest BCUT2D eigenvalue weighted by atomic mass is 32.2. The van der Waals surface area contributed by atoms with E-state index in [2.05, 4.69) is 29.7 Å². The van der Waals surface area contributed by atoms with Gasteiger partial charge in [0.2, 0.25) is 11.8 Å². The fraction of sp³-hybridized carbons (Fsp3) is 0.300. The molecule has 0 aliphatic carbocycles. The summed E-state index contributed by atoms with van der Waals surface area (Å²) in [4.78, 5) is 24.3. The normalized spacial score (nSPS) is 11.6. The first kappa shape index (κ1) is 19.1. The third kappa shape index (κ3) is 6.63. The molecule has 0 radical (unpaired) electrons. The number of benzene rings is 2. The lowest BCUT2D eigenvalue weighted by molar-refractivity contribution is -0.119. The molecule has 0 spiro atoms. The second kappa shape index (κ2) is 9.89. The molecule has 25 heavy (non-hydrogen) atoms. The molecule has 0 saturated heterocycles. The molecule has 4 nitrogen and oxygen atoms in total. The van der Waals surface area contributed by atoms with Gasteiger partial charge in [-0.05, 0) is 36.2 Å². The Bertz CT molecular complexity index is 687. The molecule has 0 aromatic heterocycles. The molecule has 0 fully saturated rings. The van der Waals surface area contributed by atoms with Crippen LogP contribution < -0.4 is 10.6 Å². The van der Waals surface area contributed by atoms with Crippen molar-refractivity contribution >= 4 is 29.3 Å². The van der Waals surface area contributed by atoms with Crippen LogP contribution in [0.2, 0.25) is 0 Å². The van der Waals surface area contributed by atoms with Gasteiger partial charge in [0.1, 0.15) is 0 Å². The van der Waals surface area contributed by atoms with E-state index in [9.17, 15) is 9.59 Å². The number of thioether (sulfide) groups is 1. The quantitative estimate of drug-likeness (QED) is 0.690. The summed E-state index contributed by atoms with van der Waals surface area (Å²) in [6, 6.07) is 17.6. The Morgan fingerprint density at radius 2 is 1.72 bits per heavy atom. The molecule has 0 aliphatic heterocycles. The van der Waals surface area contributed by atoms with Gasteiger partial charge in [0.25, 0.3) is 0 Å². The van der Waals surface area contributed by atoms with E-state index in [0.29, 0.717) is 5.75 Å². The van der Waals surface area contributed by atoms with Crippen LogP contribution in [-0.4, -0.2) is 17.6 Å². The second-order valence-electron chi connectivity index (χ2n) is 5.81. The van der Waals surface area contributed by atoms with Gasteiger partial charge in [-0.1, -0.05) is 43.7 Å². The van der Waals surface area contributed by atoms with E-state index in [-0.39, 0.29) is 17.9 Å². The van der Waals surface area contributed by atoms with Crippen LogP contribution in [0.25, 0.3) is 0 Å². The zero-order chi connectivity index (χ0) is 18.1. The van der Waals surface area contributed by atoms with Gasteiger partial charge in [-0.25, -0.2) is 0 Å². The average Bonchev–Trinajstić information content (AvgIpc) is 2.61. The van der Waals surface area contributed by atoms with Gasteiger partial charge in [0.05, 0.1) is 11.8 Å². The first-order valence-electron chi connectivity index (χ1n) is 8.43. The molecule has 2 amide bonds. The van der Waals surface area contributed by atoms with E-state index in [0.717, 1.165) is 29.0 Å². The van der Waals surface area contributed by atoms with Crippen LogP contribution in [0.5, 0.6) is 0 Å². The second-order valence-corrected chi connectivity index (χ2v) is 6.86. The highest BCUT2D eigenvalue weighted by molar-refractivity contribution is 8.00. The van der Waals surface area contributed by atoms with Crippen LogP contribution in [0.15, 0.2) is 59.5 Å². The maximum Gasteiger partial charge on any atom is 0.230 e. The maximum absolute atomic E-state index is 12.3.